The Morgan fingerprint density at radius 1 is 1.62 bits per heavy atom. The van der Waals surface area contributed by atoms with Gasteiger partial charge in [-0.25, -0.2) is 4.79 Å². The maximum Gasteiger partial charge on any atom is 0.339 e. The first kappa shape index (κ1) is 10.6. The third-order valence-electron chi connectivity index (χ3n) is 1.48. The minimum Gasteiger partial charge on any atom is -0.465 e. The number of ether oxygens (including phenoxy) is 1. The Morgan fingerprint density at radius 3 is 2.85 bits per heavy atom. The Bertz CT molecular complexity index is 330. The van der Waals surface area contributed by atoms with Crippen molar-refractivity contribution in [2.24, 2.45) is 5.14 Å². The van der Waals surface area contributed by atoms with Gasteiger partial charge in [0.25, 0.3) is 0 Å². The maximum absolute atomic E-state index is 11.2. The van der Waals surface area contributed by atoms with Gasteiger partial charge < -0.3 is 4.74 Å². The summed E-state index contributed by atoms with van der Waals surface area (Å²) in [7, 11) is 1.34. The van der Waals surface area contributed by atoms with Crippen molar-refractivity contribution in [1.82, 2.24) is 0 Å². The fourth-order valence-electron chi connectivity index (χ4n) is 0.872. The topological polar surface area (TPSA) is 52.3 Å². The second-order valence-electron chi connectivity index (χ2n) is 2.25. The van der Waals surface area contributed by atoms with E-state index in [0.29, 0.717) is 10.5 Å². The molecule has 1 rings (SSSR count). The average Bonchev–Trinajstić information content (AvgIpc) is 2.16. The second-order valence-corrected chi connectivity index (χ2v) is 3.84. The largest absolute Gasteiger partial charge is 0.465 e. The van der Waals surface area contributed by atoms with Crippen LogP contribution in [-0.2, 0) is 4.74 Å². The first-order chi connectivity index (χ1) is 6.19. The number of carbonyl (C=O) groups excluding carboxylic acids is 1. The first-order valence-corrected chi connectivity index (χ1v) is 5.11. The average molecular weight is 262 g/mol. The van der Waals surface area contributed by atoms with Crippen LogP contribution in [0.1, 0.15) is 10.4 Å². The molecule has 0 saturated heterocycles. The van der Waals surface area contributed by atoms with E-state index in [1.54, 1.807) is 18.2 Å². The van der Waals surface area contributed by atoms with E-state index in [1.165, 1.54) is 7.11 Å². The lowest BCUT2D eigenvalue weighted by atomic mass is 10.2. The van der Waals surface area contributed by atoms with Gasteiger partial charge in [-0.05, 0) is 30.1 Å². The lowest BCUT2D eigenvalue weighted by Crippen LogP contribution is -2.03. The van der Waals surface area contributed by atoms with Gasteiger partial charge in [0.15, 0.2) is 0 Å². The summed E-state index contributed by atoms with van der Waals surface area (Å²) < 4.78 is 5.48. The number of esters is 1. The van der Waals surface area contributed by atoms with Gasteiger partial charge in [-0.1, -0.05) is 15.9 Å². The Labute approximate surface area is 88.9 Å². The Balaban J connectivity index is 3.13. The van der Waals surface area contributed by atoms with Crippen molar-refractivity contribution in [2.45, 2.75) is 4.90 Å². The van der Waals surface area contributed by atoms with Crippen molar-refractivity contribution in [2.75, 3.05) is 7.11 Å². The van der Waals surface area contributed by atoms with Crippen molar-refractivity contribution < 1.29 is 9.53 Å². The summed E-state index contributed by atoms with van der Waals surface area (Å²) in [6.45, 7) is 0. The zero-order valence-electron chi connectivity index (χ0n) is 6.91. The van der Waals surface area contributed by atoms with E-state index in [4.69, 9.17) is 5.14 Å². The molecule has 0 fully saturated rings. The van der Waals surface area contributed by atoms with Crippen LogP contribution >= 0.6 is 27.9 Å². The molecule has 1 aromatic carbocycles. The highest BCUT2D eigenvalue weighted by Gasteiger charge is 2.11. The van der Waals surface area contributed by atoms with Gasteiger partial charge in [0.2, 0.25) is 0 Å². The van der Waals surface area contributed by atoms with E-state index in [9.17, 15) is 4.79 Å². The number of hydrogen-bond donors (Lipinski definition) is 1. The highest BCUT2D eigenvalue weighted by atomic mass is 79.9. The number of nitrogens with two attached hydrogens (primary N) is 1. The van der Waals surface area contributed by atoms with Crippen molar-refractivity contribution in [3.63, 3.8) is 0 Å². The Hall–Kier alpha value is -0.520. The summed E-state index contributed by atoms with van der Waals surface area (Å²) in [5.74, 6) is -0.375. The van der Waals surface area contributed by atoms with Crippen LogP contribution in [-0.4, -0.2) is 13.1 Å². The van der Waals surface area contributed by atoms with E-state index in [1.807, 2.05) is 0 Å². The SMILES string of the molecule is COC(=O)c1ccc(Br)cc1SN. The van der Waals surface area contributed by atoms with Crippen molar-refractivity contribution in [3.05, 3.63) is 28.2 Å². The van der Waals surface area contributed by atoms with Gasteiger partial charge in [0.1, 0.15) is 0 Å². The van der Waals surface area contributed by atoms with E-state index >= 15 is 0 Å². The number of methoxy groups -OCH3 is 1. The highest BCUT2D eigenvalue weighted by Crippen LogP contribution is 2.23. The molecule has 0 atom stereocenters. The second kappa shape index (κ2) is 4.64. The van der Waals surface area contributed by atoms with Crippen LogP contribution in [0.3, 0.4) is 0 Å². The highest BCUT2D eigenvalue weighted by molar-refractivity contribution is 9.10. The number of halogens is 1. The molecule has 0 amide bonds. The van der Waals surface area contributed by atoms with E-state index in [0.717, 1.165) is 16.4 Å². The third kappa shape index (κ3) is 2.46. The van der Waals surface area contributed by atoms with Crippen LogP contribution in [0.5, 0.6) is 0 Å². The minimum atomic E-state index is -0.375. The normalized spacial score (nSPS) is 9.77. The van der Waals surface area contributed by atoms with E-state index in [2.05, 4.69) is 20.7 Å². The van der Waals surface area contributed by atoms with Gasteiger partial charge in [-0.3, -0.25) is 5.14 Å². The molecule has 0 aromatic heterocycles. The van der Waals surface area contributed by atoms with Crippen molar-refractivity contribution in [3.8, 4) is 0 Å². The predicted molar refractivity (Wildman–Crippen MR) is 55.5 cm³/mol. The molecule has 0 aliphatic carbocycles. The molecular formula is C8H8BrNO2S. The molecule has 0 aliphatic heterocycles. The summed E-state index contributed by atoms with van der Waals surface area (Å²) >= 11 is 4.31. The molecule has 0 saturated carbocycles. The molecular weight excluding hydrogens is 254 g/mol. The molecule has 2 N–H and O–H groups in total. The Morgan fingerprint density at radius 2 is 2.31 bits per heavy atom. The van der Waals surface area contributed by atoms with Gasteiger partial charge >= 0.3 is 5.97 Å². The van der Waals surface area contributed by atoms with E-state index in [-0.39, 0.29) is 5.97 Å². The number of carbonyl (C=O) groups is 1. The van der Waals surface area contributed by atoms with Crippen LogP contribution in [0.15, 0.2) is 27.6 Å². The fraction of sp³-hybridized carbons (Fsp3) is 0.125. The van der Waals surface area contributed by atoms with Crippen molar-refractivity contribution in [1.29, 1.82) is 0 Å². The summed E-state index contributed by atoms with van der Waals surface area (Å²) in [5.41, 5.74) is 0.484. The molecule has 70 valence electrons. The first-order valence-electron chi connectivity index (χ1n) is 3.43. The van der Waals surface area contributed by atoms with Crippen LogP contribution in [0.4, 0.5) is 0 Å². The lowest BCUT2D eigenvalue weighted by Gasteiger charge is -2.04. The van der Waals surface area contributed by atoms with Gasteiger partial charge in [-0.2, -0.15) is 0 Å². The van der Waals surface area contributed by atoms with Crippen molar-refractivity contribution >= 4 is 33.8 Å². The summed E-state index contributed by atoms with van der Waals surface area (Å²) in [4.78, 5) is 11.9. The monoisotopic (exact) mass is 261 g/mol. The molecule has 0 spiro atoms. The van der Waals surface area contributed by atoms with Gasteiger partial charge in [-0.15, -0.1) is 0 Å². The molecule has 0 radical (unpaired) electrons. The van der Waals surface area contributed by atoms with Crippen LogP contribution in [0, 0.1) is 0 Å². The number of rotatable bonds is 2. The zero-order chi connectivity index (χ0) is 9.84. The van der Waals surface area contributed by atoms with Gasteiger partial charge in [0, 0.05) is 9.37 Å². The smallest absolute Gasteiger partial charge is 0.339 e. The zero-order valence-corrected chi connectivity index (χ0v) is 9.31. The minimum absolute atomic E-state index is 0.375. The molecule has 1 aromatic rings. The summed E-state index contributed by atoms with van der Waals surface area (Å²) in [6, 6.07) is 5.22. The fourth-order valence-corrected chi connectivity index (χ4v) is 1.86. The maximum atomic E-state index is 11.2. The molecule has 0 heterocycles. The molecule has 0 bridgehead atoms. The Kier molecular flexibility index (Phi) is 3.77. The van der Waals surface area contributed by atoms with Crippen LogP contribution in [0.25, 0.3) is 0 Å². The number of hydrogen-bond acceptors (Lipinski definition) is 4. The van der Waals surface area contributed by atoms with Gasteiger partial charge in [0.05, 0.1) is 12.7 Å². The van der Waals surface area contributed by atoms with Crippen LogP contribution in [0.2, 0.25) is 0 Å². The summed E-state index contributed by atoms with van der Waals surface area (Å²) in [5, 5.41) is 5.40. The molecule has 0 unspecified atom stereocenters. The predicted octanol–water partition coefficient (Wildman–Crippen LogP) is 2.20. The molecule has 3 nitrogen and oxygen atoms in total. The van der Waals surface area contributed by atoms with E-state index < -0.39 is 0 Å². The standard InChI is InChI=1S/C8H8BrNO2S/c1-12-8(11)6-3-2-5(9)4-7(6)13-10/h2-4H,10H2,1H3. The summed E-state index contributed by atoms with van der Waals surface area (Å²) in [6.07, 6.45) is 0. The quantitative estimate of drug-likeness (QED) is 0.655. The molecule has 5 heteroatoms. The molecule has 13 heavy (non-hydrogen) atoms. The molecule has 0 aliphatic rings. The third-order valence-corrected chi connectivity index (χ3v) is 2.56. The van der Waals surface area contributed by atoms with Crippen LogP contribution < -0.4 is 5.14 Å². The number of benzene rings is 1. The lowest BCUT2D eigenvalue weighted by molar-refractivity contribution is 0.0597.